The van der Waals surface area contributed by atoms with Crippen LogP contribution in [-0.4, -0.2) is 12.5 Å². The average Bonchev–Trinajstić information content (AvgIpc) is 2.91. The number of nitrogens with one attached hydrogen (secondary N) is 2. The Bertz CT molecular complexity index is 682. The van der Waals surface area contributed by atoms with Crippen molar-refractivity contribution < 1.29 is 9.18 Å². The zero-order valence-electron chi connectivity index (χ0n) is 11.2. The molecule has 0 saturated heterocycles. The second-order valence-electron chi connectivity index (χ2n) is 4.92. The molecule has 1 amide bonds. The first-order chi connectivity index (χ1) is 9.65. The molecule has 2 N–H and O–H groups in total. The van der Waals surface area contributed by atoms with Gasteiger partial charge in [0.1, 0.15) is 5.82 Å². The maximum absolute atomic E-state index is 13.5. The fourth-order valence-electron chi connectivity index (χ4n) is 2.37. The standard InChI is InChI=1S/C16H15FN2O/c1-10-13(17)3-2-4-14(10)19-16(20)12-6-5-11-7-8-18-15(11)9-12/h2-6,9,18H,7-8H2,1H3,(H,19,20). The monoisotopic (exact) mass is 270 g/mol. The van der Waals surface area contributed by atoms with Crippen LogP contribution in [0.4, 0.5) is 15.8 Å². The number of hydrogen-bond donors (Lipinski definition) is 2. The van der Waals surface area contributed by atoms with Gasteiger partial charge < -0.3 is 10.6 Å². The SMILES string of the molecule is Cc1c(F)cccc1NC(=O)c1ccc2c(c1)NCC2. The van der Waals surface area contributed by atoms with Crippen LogP contribution in [-0.2, 0) is 6.42 Å². The van der Waals surface area contributed by atoms with E-state index >= 15 is 0 Å². The van der Waals surface area contributed by atoms with Gasteiger partial charge in [-0.3, -0.25) is 4.79 Å². The second-order valence-corrected chi connectivity index (χ2v) is 4.92. The topological polar surface area (TPSA) is 41.1 Å². The zero-order valence-corrected chi connectivity index (χ0v) is 11.2. The van der Waals surface area contributed by atoms with Crippen LogP contribution in [0.2, 0.25) is 0 Å². The fourth-order valence-corrected chi connectivity index (χ4v) is 2.37. The molecule has 0 fully saturated rings. The highest BCUT2D eigenvalue weighted by Crippen LogP contribution is 2.24. The zero-order chi connectivity index (χ0) is 14.1. The molecule has 0 aromatic heterocycles. The van der Waals surface area contributed by atoms with Gasteiger partial charge in [0, 0.05) is 29.0 Å². The first-order valence-corrected chi connectivity index (χ1v) is 6.58. The lowest BCUT2D eigenvalue weighted by Crippen LogP contribution is -2.13. The minimum absolute atomic E-state index is 0.227. The van der Waals surface area contributed by atoms with E-state index in [9.17, 15) is 9.18 Å². The van der Waals surface area contributed by atoms with Gasteiger partial charge in [0.2, 0.25) is 0 Å². The summed E-state index contributed by atoms with van der Waals surface area (Å²) in [7, 11) is 0. The number of hydrogen-bond acceptors (Lipinski definition) is 2. The highest BCUT2D eigenvalue weighted by molar-refractivity contribution is 6.05. The smallest absolute Gasteiger partial charge is 0.255 e. The molecular formula is C16H15FN2O. The molecule has 4 heteroatoms. The van der Waals surface area contributed by atoms with Gasteiger partial charge in [0.25, 0.3) is 5.91 Å². The summed E-state index contributed by atoms with van der Waals surface area (Å²) in [6, 6.07) is 10.3. The number of amides is 1. The fraction of sp³-hybridized carbons (Fsp3) is 0.188. The van der Waals surface area contributed by atoms with Gasteiger partial charge >= 0.3 is 0 Å². The van der Waals surface area contributed by atoms with Gasteiger partial charge in [-0.25, -0.2) is 4.39 Å². The first-order valence-electron chi connectivity index (χ1n) is 6.58. The summed E-state index contributed by atoms with van der Waals surface area (Å²) < 4.78 is 13.5. The molecule has 0 spiro atoms. The predicted molar refractivity (Wildman–Crippen MR) is 77.7 cm³/mol. The van der Waals surface area contributed by atoms with E-state index in [0.717, 1.165) is 18.7 Å². The predicted octanol–water partition coefficient (Wildman–Crippen LogP) is 3.35. The van der Waals surface area contributed by atoms with E-state index in [1.165, 1.54) is 11.6 Å². The molecule has 0 saturated carbocycles. The highest BCUT2D eigenvalue weighted by Gasteiger charge is 2.14. The van der Waals surface area contributed by atoms with E-state index in [2.05, 4.69) is 10.6 Å². The molecule has 2 aromatic carbocycles. The van der Waals surface area contributed by atoms with Gasteiger partial charge in [0.15, 0.2) is 0 Å². The van der Waals surface area contributed by atoms with Crippen molar-refractivity contribution in [2.75, 3.05) is 17.2 Å². The maximum Gasteiger partial charge on any atom is 0.255 e. The molecule has 0 bridgehead atoms. The van der Waals surface area contributed by atoms with Gasteiger partial charge in [0.05, 0.1) is 0 Å². The van der Waals surface area contributed by atoms with E-state index in [1.54, 1.807) is 25.1 Å². The van der Waals surface area contributed by atoms with E-state index in [1.807, 2.05) is 12.1 Å². The number of fused-ring (bicyclic) bond motifs is 1. The minimum Gasteiger partial charge on any atom is -0.384 e. The largest absolute Gasteiger partial charge is 0.384 e. The van der Waals surface area contributed by atoms with Crippen molar-refractivity contribution in [3.63, 3.8) is 0 Å². The number of rotatable bonds is 2. The van der Waals surface area contributed by atoms with Crippen LogP contribution in [0, 0.1) is 12.7 Å². The molecule has 3 rings (SSSR count). The lowest BCUT2D eigenvalue weighted by Gasteiger charge is -2.10. The summed E-state index contributed by atoms with van der Waals surface area (Å²) in [5.74, 6) is -0.548. The summed E-state index contributed by atoms with van der Waals surface area (Å²) >= 11 is 0. The van der Waals surface area contributed by atoms with Gasteiger partial charge in [-0.15, -0.1) is 0 Å². The highest BCUT2D eigenvalue weighted by atomic mass is 19.1. The molecule has 3 nitrogen and oxygen atoms in total. The number of carbonyl (C=O) groups excluding carboxylic acids is 1. The van der Waals surface area contributed by atoms with E-state index in [0.29, 0.717) is 16.8 Å². The van der Waals surface area contributed by atoms with Crippen LogP contribution >= 0.6 is 0 Å². The molecule has 20 heavy (non-hydrogen) atoms. The van der Waals surface area contributed by atoms with Crippen molar-refractivity contribution in [3.8, 4) is 0 Å². The summed E-state index contributed by atoms with van der Waals surface area (Å²) in [5, 5.41) is 5.99. The van der Waals surface area contributed by atoms with E-state index < -0.39 is 0 Å². The van der Waals surface area contributed by atoms with Crippen LogP contribution in [0.5, 0.6) is 0 Å². The molecular weight excluding hydrogens is 255 g/mol. The van der Waals surface area contributed by atoms with Crippen LogP contribution in [0.1, 0.15) is 21.5 Å². The number of benzene rings is 2. The Kier molecular flexibility index (Phi) is 3.14. The summed E-state index contributed by atoms with van der Waals surface area (Å²) in [5.41, 5.74) is 3.75. The lowest BCUT2D eigenvalue weighted by atomic mass is 10.1. The van der Waals surface area contributed by atoms with Gasteiger partial charge in [-0.1, -0.05) is 12.1 Å². The van der Waals surface area contributed by atoms with Crippen molar-refractivity contribution in [1.82, 2.24) is 0 Å². The normalized spacial score (nSPS) is 12.7. The third-order valence-corrected chi connectivity index (χ3v) is 3.60. The molecule has 102 valence electrons. The Balaban J connectivity index is 1.84. The Morgan fingerprint density at radius 1 is 1.30 bits per heavy atom. The lowest BCUT2D eigenvalue weighted by molar-refractivity contribution is 0.102. The van der Waals surface area contributed by atoms with Crippen molar-refractivity contribution in [2.45, 2.75) is 13.3 Å². The molecule has 0 unspecified atom stereocenters. The first kappa shape index (κ1) is 12.7. The quantitative estimate of drug-likeness (QED) is 0.878. The van der Waals surface area contributed by atoms with Crippen LogP contribution in [0.25, 0.3) is 0 Å². The number of halogens is 1. The Hall–Kier alpha value is -2.36. The summed E-state index contributed by atoms with van der Waals surface area (Å²) in [6.07, 6.45) is 0.986. The van der Waals surface area contributed by atoms with Crippen LogP contribution in [0.15, 0.2) is 36.4 Å². The van der Waals surface area contributed by atoms with Gasteiger partial charge in [-0.2, -0.15) is 0 Å². The van der Waals surface area contributed by atoms with E-state index in [-0.39, 0.29) is 11.7 Å². The molecule has 2 aromatic rings. The average molecular weight is 270 g/mol. The van der Waals surface area contributed by atoms with Crippen molar-refractivity contribution in [2.24, 2.45) is 0 Å². The van der Waals surface area contributed by atoms with E-state index in [4.69, 9.17) is 0 Å². The molecule has 0 aliphatic carbocycles. The summed E-state index contributed by atoms with van der Waals surface area (Å²) in [4.78, 5) is 12.2. The molecule has 0 radical (unpaired) electrons. The third kappa shape index (κ3) is 2.25. The van der Waals surface area contributed by atoms with Crippen molar-refractivity contribution in [1.29, 1.82) is 0 Å². The molecule has 1 aliphatic rings. The number of anilines is 2. The summed E-state index contributed by atoms with van der Waals surface area (Å²) in [6.45, 7) is 2.55. The Labute approximate surface area is 116 Å². The van der Waals surface area contributed by atoms with Crippen LogP contribution in [0.3, 0.4) is 0 Å². The number of carbonyl (C=O) groups is 1. The second kappa shape index (κ2) is 4.96. The minimum atomic E-state index is -0.321. The van der Waals surface area contributed by atoms with Crippen molar-refractivity contribution in [3.05, 3.63) is 58.9 Å². The third-order valence-electron chi connectivity index (χ3n) is 3.60. The molecule has 1 heterocycles. The Morgan fingerprint density at radius 2 is 2.15 bits per heavy atom. The molecule has 1 aliphatic heterocycles. The van der Waals surface area contributed by atoms with Crippen LogP contribution < -0.4 is 10.6 Å². The van der Waals surface area contributed by atoms with Crippen molar-refractivity contribution >= 4 is 17.3 Å². The Morgan fingerprint density at radius 3 is 3.00 bits per heavy atom. The maximum atomic E-state index is 13.5. The molecule has 0 atom stereocenters. The van der Waals surface area contributed by atoms with Gasteiger partial charge in [-0.05, 0) is 43.2 Å².